The van der Waals surface area contributed by atoms with Crippen molar-refractivity contribution in [1.29, 1.82) is 0 Å². The molecule has 1 aromatic rings. The van der Waals surface area contributed by atoms with Crippen LogP contribution in [0.15, 0.2) is 18.2 Å². The van der Waals surface area contributed by atoms with E-state index in [4.69, 9.17) is 17.3 Å². The van der Waals surface area contributed by atoms with Gasteiger partial charge in [0.1, 0.15) is 0 Å². The maximum atomic E-state index is 11.3. The second-order valence-electron chi connectivity index (χ2n) is 3.69. The summed E-state index contributed by atoms with van der Waals surface area (Å²) in [5, 5.41) is 0. The van der Waals surface area contributed by atoms with Crippen molar-refractivity contribution >= 4 is 17.5 Å². The average molecular weight is 226 g/mol. The van der Waals surface area contributed by atoms with Crippen molar-refractivity contribution in [2.24, 2.45) is 5.73 Å². The normalized spacial score (nSPS) is 12.5. The second-order valence-corrected chi connectivity index (χ2v) is 3.95. The van der Waals surface area contributed by atoms with E-state index in [1.165, 1.54) is 0 Å². The highest BCUT2D eigenvalue weighted by Gasteiger charge is 2.16. The van der Waals surface area contributed by atoms with E-state index in [9.17, 15) is 4.79 Å². The summed E-state index contributed by atoms with van der Waals surface area (Å²) in [5.41, 5.74) is 7.95. The van der Waals surface area contributed by atoms with Gasteiger partial charge in [0.25, 0.3) is 0 Å². The summed E-state index contributed by atoms with van der Waals surface area (Å²) in [4.78, 5) is 11.3. The van der Waals surface area contributed by atoms with Gasteiger partial charge in [-0.3, -0.25) is 4.79 Å². The zero-order chi connectivity index (χ0) is 11.4. The lowest BCUT2D eigenvalue weighted by Gasteiger charge is -2.16. The number of benzene rings is 1. The van der Waals surface area contributed by atoms with Gasteiger partial charge in [-0.05, 0) is 29.5 Å². The molecule has 0 fully saturated rings. The van der Waals surface area contributed by atoms with Crippen molar-refractivity contribution in [3.8, 4) is 0 Å². The highest BCUT2D eigenvalue weighted by Crippen LogP contribution is 2.27. The van der Waals surface area contributed by atoms with Gasteiger partial charge in [-0.1, -0.05) is 26.0 Å². The number of primary amides is 1. The van der Waals surface area contributed by atoms with Crippen LogP contribution in [0, 0.1) is 0 Å². The number of carbonyl (C=O) groups excluding carboxylic acids is 1. The molecule has 2 nitrogen and oxygen atoms in total. The summed E-state index contributed by atoms with van der Waals surface area (Å²) in [6.45, 7) is 4.16. The first-order valence-corrected chi connectivity index (χ1v) is 5.62. The molecule has 1 aromatic carbocycles. The van der Waals surface area contributed by atoms with E-state index in [0.29, 0.717) is 17.4 Å². The minimum atomic E-state index is -0.378. The average Bonchev–Trinajstić information content (AvgIpc) is 2.26. The number of nitrogens with two attached hydrogens (primary N) is 1. The summed E-state index contributed by atoms with van der Waals surface area (Å²) >= 11 is 5.86. The third kappa shape index (κ3) is 2.51. The lowest BCUT2D eigenvalue weighted by Crippen LogP contribution is -2.16. The van der Waals surface area contributed by atoms with E-state index in [1.54, 1.807) is 6.07 Å². The first-order chi connectivity index (χ1) is 7.11. The van der Waals surface area contributed by atoms with Crippen LogP contribution in [-0.4, -0.2) is 5.91 Å². The molecule has 0 aliphatic carbocycles. The molecule has 1 unspecified atom stereocenters. The van der Waals surface area contributed by atoms with Crippen molar-refractivity contribution in [1.82, 2.24) is 0 Å². The Morgan fingerprint density at radius 1 is 1.53 bits per heavy atom. The molecule has 1 atom stereocenters. The molecule has 1 amide bonds. The van der Waals surface area contributed by atoms with Crippen molar-refractivity contribution < 1.29 is 4.79 Å². The molecule has 15 heavy (non-hydrogen) atoms. The summed E-state index contributed by atoms with van der Waals surface area (Å²) < 4.78 is 0. The Hall–Kier alpha value is -1.02. The van der Waals surface area contributed by atoms with E-state index in [1.807, 2.05) is 12.1 Å². The fourth-order valence-corrected chi connectivity index (χ4v) is 1.96. The van der Waals surface area contributed by atoms with Crippen LogP contribution in [0.1, 0.15) is 47.7 Å². The number of rotatable bonds is 4. The van der Waals surface area contributed by atoms with Gasteiger partial charge in [0.15, 0.2) is 0 Å². The van der Waals surface area contributed by atoms with E-state index >= 15 is 0 Å². The number of alkyl halides is 1. The monoisotopic (exact) mass is 225 g/mol. The number of halogens is 1. The van der Waals surface area contributed by atoms with Gasteiger partial charge in [0, 0.05) is 11.4 Å². The van der Waals surface area contributed by atoms with Gasteiger partial charge in [-0.15, -0.1) is 11.6 Å². The van der Waals surface area contributed by atoms with E-state index < -0.39 is 0 Å². The summed E-state index contributed by atoms with van der Waals surface area (Å²) in [5.74, 6) is 0.348. The standard InChI is InChI=1S/C12H16ClNO/c1-3-8(2)11-9(7-13)5-4-6-10(11)12(14)15/h4-6,8H,3,7H2,1-2H3,(H2,14,15). The number of carbonyl (C=O) groups is 1. The van der Waals surface area contributed by atoms with Crippen LogP contribution in [0.2, 0.25) is 0 Å². The molecule has 1 rings (SSSR count). The number of amides is 1. The van der Waals surface area contributed by atoms with Gasteiger partial charge >= 0.3 is 0 Å². The Bertz CT molecular complexity index is 363. The Labute approximate surface area is 95.4 Å². The molecule has 0 saturated heterocycles. The Kier molecular flexibility index (Phi) is 4.15. The molecule has 0 heterocycles. The van der Waals surface area contributed by atoms with Crippen LogP contribution in [0.5, 0.6) is 0 Å². The van der Waals surface area contributed by atoms with E-state index in [0.717, 1.165) is 17.5 Å². The molecule has 0 aromatic heterocycles. The molecular formula is C12H16ClNO. The highest BCUT2D eigenvalue weighted by molar-refractivity contribution is 6.17. The lowest BCUT2D eigenvalue weighted by molar-refractivity contribution is 0.0999. The molecule has 0 bridgehead atoms. The van der Waals surface area contributed by atoms with Crippen molar-refractivity contribution in [2.45, 2.75) is 32.1 Å². The van der Waals surface area contributed by atoms with Crippen LogP contribution in [0.3, 0.4) is 0 Å². The maximum Gasteiger partial charge on any atom is 0.248 e. The zero-order valence-corrected chi connectivity index (χ0v) is 9.84. The first kappa shape index (κ1) is 12.1. The van der Waals surface area contributed by atoms with Gasteiger partial charge in [-0.25, -0.2) is 0 Å². The topological polar surface area (TPSA) is 43.1 Å². The van der Waals surface area contributed by atoms with Gasteiger partial charge < -0.3 is 5.73 Å². The molecule has 3 heteroatoms. The van der Waals surface area contributed by atoms with Crippen LogP contribution >= 0.6 is 11.6 Å². The van der Waals surface area contributed by atoms with E-state index in [-0.39, 0.29) is 5.91 Å². The second kappa shape index (κ2) is 5.17. The maximum absolute atomic E-state index is 11.3. The first-order valence-electron chi connectivity index (χ1n) is 5.09. The minimum absolute atomic E-state index is 0.308. The fraction of sp³-hybridized carbons (Fsp3) is 0.417. The smallest absolute Gasteiger partial charge is 0.248 e. The van der Waals surface area contributed by atoms with Crippen LogP contribution in [-0.2, 0) is 5.88 Å². The molecular weight excluding hydrogens is 210 g/mol. The van der Waals surface area contributed by atoms with Gasteiger partial charge in [0.2, 0.25) is 5.91 Å². The van der Waals surface area contributed by atoms with Crippen molar-refractivity contribution in [3.63, 3.8) is 0 Å². The molecule has 82 valence electrons. The van der Waals surface area contributed by atoms with E-state index in [2.05, 4.69) is 13.8 Å². The lowest BCUT2D eigenvalue weighted by atomic mass is 9.89. The number of hydrogen-bond acceptors (Lipinski definition) is 1. The van der Waals surface area contributed by atoms with Crippen LogP contribution in [0.25, 0.3) is 0 Å². The molecule has 0 radical (unpaired) electrons. The molecule has 2 N–H and O–H groups in total. The Morgan fingerprint density at radius 3 is 2.67 bits per heavy atom. The molecule has 0 aliphatic heterocycles. The van der Waals surface area contributed by atoms with Crippen LogP contribution in [0.4, 0.5) is 0 Å². The van der Waals surface area contributed by atoms with Crippen molar-refractivity contribution in [3.05, 3.63) is 34.9 Å². The molecule has 0 aliphatic rings. The third-order valence-corrected chi connectivity index (χ3v) is 3.00. The largest absolute Gasteiger partial charge is 0.366 e. The van der Waals surface area contributed by atoms with Crippen molar-refractivity contribution in [2.75, 3.05) is 0 Å². The minimum Gasteiger partial charge on any atom is -0.366 e. The molecule has 0 saturated carbocycles. The quantitative estimate of drug-likeness (QED) is 0.787. The number of hydrogen-bond donors (Lipinski definition) is 1. The predicted octanol–water partition coefficient (Wildman–Crippen LogP) is 3.04. The van der Waals surface area contributed by atoms with Gasteiger partial charge in [-0.2, -0.15) is 0 Å². The molecule has 0 spiro atoms. The third-order valence-electron chi connectivity index (χ3n) is 2.71. The Balaban J connectivity index is 3.33. The summed E-state index contributed by atoms with van der Waals surface area (Å²) in [6.07, 6.45) is 0.966. The van der Waals surface area contributed by atoms with Gasteiger partial charge in [0.05, 0.1) is 0 Å². The van der Waals surface area contributed by atoms with Crippen LogP contribution < -0.4 is 5.73 Å². The summed E-state index contributed by atoms with van der Waals surface area (Å²) in [6, 6.07) is 5.53. The predicted molar refractivity (Wildman–Crippen MR) is 63.2 cm³/mol. The highest BCUT2D eigenvalue weighted by atomic mass is 35.5. The summed E-state index contributed by atoms with van der Waals surface area (Å²) in [7, 11) is 0. The SMILES string of the molecule is CCC(C)c1c(CCl)cccc1C(N)=O. The Morgan fingerprint density at radius 2 is 2.20 bits per heavy atom. The zero-order valence-electron chi connectivity index (χ0n) is 9.09. The fourth-order valence-electron chi connectivity index (χ4n) is 1.73.